The minimum Gasteiger partial charge on any atom is -0.369 e. The Bertz CT molecular complexity index is 564. The lowest BCUT2D eigenvalue weighted by atomic mass is 10.2. The zero-order valence-electron chi connectivity index (χ0n) is 9.12. The SMILES string of the molecule is Cc1cc(F)ccc1NC(=O)c1cnc(N)[nH]1. The highest BCUT2D eigenvalue weighted by molar-refractivity contribution is 6.03. The lowest BCUT2D eigenvalue weighted by molar-refractivity contribution is 0.102. The van der Waals surface area contributed by atoms with Crippen molar-refractivity contribution in [3.63, 3.8) is 0 Å². The number of imidazole rings is 1. The van der Waals surface area contributed by atoms with Gasteiger partial charge >= 0.3 is 0 Å². The van der Waals surface area contributed by atoms with E-state index in [-0.39, 0.29) is 23.4 Å². The van der Waals surface area contributed by atoms with E-state index >= 15 is 0 Å². The second-order valence-corrected chi connectivity index (χ2v) is 3.60. The van der Waals surface area contributed by atoms with Crippen LogP contribution in [0.15, 0.2) is 24.4 Å². The van der Waals surface area contributed by atoms with Gasteiger partial charge in [0.15, 0.2) is 5.95 Å². The number of anilines is 2. The van der Waals surface area contributed by atoms with Gasteiger partial charge in [-0.2, -0.15) is 0 Å². The van der Waals surface area contributed by atoms with Crippen LogP contribution in [0.25, 0.3) is 0 Å². The Morgan fingerprint density at radius 1 is 1.53 bits per heavy atom. The third-order valence-electron chi connectivity index (χ3n) is 2.28. The second-order valence-electron chi connectivity index (χ2n) is 3.60. The lowest BCUT2D eigenvalue weighted by Gasteiger charge is -2.06. The molecule has 0 aliphatic heterocycles. The molecule has 0 saturated carbocycles. The molecule has 17 heavy (non-hydrogen) atoms. The van der Waals surface area contributed by atoms with Crippen LogP contribution in [-0.2, 0) is 0 Å². The van der Waals surface area contributed by atoms with Gasteiger partial charge in [0.25, 0.3) is 5.91 Å². The molecule has 2 aromatic rings. The van der Waals surface area contributed by atoms with E-state index in [0.717, 1.165) is 0 Å². The van der Waals surface area contributed by atoms with E-state index < -0.39 is 0 Å². The topological polar surface area (TPSA) is 83.8 Å². The van der Waals surface area contributed by atoms with Crippen molar-refractivity contribution in [1.82, 2.24) is 9.97 Å². The smallest absolute Gasteiger partial charge is 0.273 e. The average molecular weight is 234 g/mol. The Balaban J connectivity index is 2.18. The zero-order valence-corrected chi connectivity index (χ0v) is 9.12. The first-order chi connectivity index (χ1) is 8.06. The number of nitrogen functional groups attached to an aromatic ring is 1. The van der Waals surface area contributed by atoms with Gasteiger partial charge in [0, 0.05) is 5.69 Å². The fourth-order valence-corrected chi connectivity index (χ4v) is 1.41. The number of amides is 1. The van der Waals surface area contributed by atoms with E-state index in [4.69, 9.17) is 5.73 Å². The van der Waals surface area contributed by atoms with Crippen molar-refractivity contribution in [2.75, 3.05) is 11.1 Å². The van der Waals surface area contributed by atoms with Gasteiger partial charge in [0.2, 0.25) is 0 Å². The molecule has 1 heterocycles. The Morgan fingerprint density at radius 3 is 2.88 bits per heavy atom. The summed E-state index contributed by atoms with van der Waals surface area (Å²) in [6.45, 7) is 1.71. The summed E-state index contributed by atoms with van der Waals surface area (Å²) in [5.41, 5.74) is 6.81. The van der Waals surface area contributed by atoms with Gasteiger partial charge < -0.3 is 16.0 Å². The highest BCUT2D eigenvalue weighted by Gasteiger charge is 2.10. The Hall–Kier alpha value is -2.37. The number of rotatable bonds is 2. The predicted molar refractivity (Wildman–Crippen MR) is 62.1 cm³/mol. The van der Waals surface area contributed by atoms with Crippen LogP contribution in [0.1, 0.15) is 16.1 Å². The van der Waals surface area contributed by atoms with Crippen LogP contribution in [-0.4, -0.2) is 15.9 Å². The van der Waals surface area contributed by atoms with Crippen LogP contribution in [0.4, 0.5) is 16.0 Å². The fraction of sp³-hybridized carbons (Fsp3) is 0.0909. The predicted octanol–water partition coefficient (Wildman–Crippen LogP) is 1.69. The largest absolute Gasteiger partial charge is 0.369 e. The summed E-state index contributed by atoms with van der Waals surface area (Å²) in [4.78, 5) is 18.1. The van der Waals surface area contributed by atoms with Crippen LogP contribution in [0.5, 0.6) is 0 Å². The van der Waals surface area contributed by atoms with Crippen molar-refractivity contribution in [3.05, 3.63) is 41.5 Å². The van der Waals surface area contributed by atoms with Crippen molar-refractivity contribution in [1.29, 1.82) is 0 Å². The van der Waals surface area contributed by atoms with E-state index in [1.54, 1.807) is 6.92 Å². The van der Waals surface area contributed by atoms with E-state index in [1.807, 2.05) is 0 Å². The molecule has 1 aromatic carbocycles. The van der Waals surface area contributed by atoms with E-state index in [0.29, 0.717) is 11.3 Å². The molecule has 2 rings (SSSR count). The summed E-state index contributed by atoms with van der Waals surface area (Å²) in [6.07, 6.45) is 1.34. The van der Waals surface area contributed by atoms with Gasteiger partial charge in [-0.25, -0.2) is 9.37 Å². The number of H-pyrrole nitrogens is 1. The van der Waals surface area contributed by atoms with Gasteiger partial charge in [0.1, 0.15) is 11.5 Å². The monoisotopic (exact) mass is 234 g/mol. The number of nitrogens with two attached hydrogens (primary N) is 1. The Kier molecular flexibility index (Phi) is 2.78. The molecule has 0 aliphatic carbocycles. The highest BCUT2D eigenvalue weighted by atomic mass is 19.1. The number of aromatic nitrogens is 2. The minimum atomic E-state index is -0.371. The van der Waals surface area contributed by atoms with E-state index in [2.05, 4.69) is 15.3 Å². The number of aryl methyl sites for hydroxylation is 1. The molecule has 4 N–H and O–H groups in total. The summed E-state index contributed by atoms with van der Waals surface area (Å²) in [6, 6.07) is 4.13. The van der Waals surface area contributed by atoms with Crippen LogP contribution in [0.2, 0.25) is 0 Å². The zero-order chi connectivity index (χ0) is 12.4. The Morgan fingerprint density at radius 2 is 2.29 bits per heavy atom. The molecular formula is C11H11FN4O. The van der Waals surface area contributed by atoms with Crippen molar-refractivity contribution < 1.29 is 9.18 Å². The molecule has 0 spiro atoms. The molecule has 5 nitrogen and oxygen atoms in total. The summed E-state index contributed by atoms with van der Waals surface area (Å²) < 4.78 is 12.9. The van der Waals surface area contributed by atoms with Crippen LogP contribution < -0.4 is 11.1 Å². The van der Waals surface area contributed by atoms with Gasteiger partial charge in [-0.3, -0.25) is 4.79 Å². The summed E-state index contributed by atoms with van der Waals surface area (Å²) in [5.74, 6) is -0.541. The van der Waals surface area contributed by atoms with Gasteiger partial charge in [0.05, 0.1) is 6.20 Å². The van der Waals surface area contributed by atoms with E-state index in [9.17, 15) is 9.18 Å². The van der Waals surface area contributed by atoms with E-state index in [1.165, 1.54) is 24.4 Å². The number of nitrogens with zero attached hydrogens (tertiary/aromatic N) is 1. The van der Waals surface area contributed by atoms with Crippen molar-refractivity contribution in [2.45, 2.75) is 6.92 Å². The maximum Gasteiger partial charge on any atom is 0.273 e. The summed E-state index contributed by atoms with van der Waals surface area (Å²) in [5, 5.41) is 2.63. The maximum absolute atomic E-state index is 12.9. The molecular weight excluding hydrogens is 223 g/mol. The Labute approximate surface area is 96.9 Å². The molecule has 1 amide bonds. The number of nitrogens with one attached hydrogen (secondary N) is 2. The number of carbonyl (C=O) groups is 1. The van der Waals surface area contributed by atoms with Crippen molar-refractivity contribution in [3.8, 4) is 0 Å². The third-order valence-corrected chi connectivity index (χ3v) is 2.28. The average Bonchev–Trinajstić information content (AvgIpc) is 2.69. The van der Waals surface area contributed by atoms with Crippen molar-refractivity contribution in [2.24, 2.45) is 0 Å². The minimum absolute atomic E-state index is 0.172. The molecule has 0 aliphatic rings. The molecule has 6 heteroatoms. The van der Waals surface area contributed by atoms with Crippen LogP contribution >= 0.6 is 0 Å². The number of hydrogen-bond acceptors (Lipinski definition) is 3. The first-order valence-corrected chi connectivity index (χ1v) is 4.94. The normalized spacial score (nSPS) is 10.2. The van der Waals surface area contributed by atoms with Gasteiger partial charge in [-0.1, -0.05) is 0 Å². The van der Waals surface area contributed by atoms with Crippen LogP contribution in [0.3, 0.4) is 0 Å². The highest BCUT2D eigenvalue weighted by Crippen LogP contribution is 2.16. The lowest BCUT2D eigenvalue weighted by Crippen LogP contribution is -2.13. The first kappa shape index (κ1) is 11.1. The molecule has 0 bridgehead atoms. The van der Waals surface area contributed by atoms with Gasteiger partial charge in [-0.05, 0) is 30.7 Å². The molecule has 0 unspecified atom stereocenters. The maximum atomic E-state index is 12.9. The second kappa shape index (κ2) is 4.25. The molecule has 1 aromatic heterocycles. The summed E-state index contributed by atoms with van der Waals surface area (Å²) >= 11 is 0. The number of benzene rings is 1. The van der Waals surface area contributed by atoms with Crippen LogP contribution in [0, 0.1) is 12.7 Å². The van der Waals surface area contributed by atoms with Gasteiger partial charge in [-0.15, -0.1) is 0 Å². The summed E-state index contributed by atoms with van der Waals surface area (Å²) in [7, 11) is 0. The first-order valence-electron chi connectivity index (χ1n) is 4.94. The standard InChI is InChI=1S/C11H11FN4O/c1-6-4-7(12)2-3-8(6)15-10(17)9-5-14-11(13)16-9/h2-5H,1H3,(H,15,17)(H3,13,14,16). The number of hydrogen-bond donors (Lipinski definition) is 3. The molecule has 0 saturated heterocycles. The fourth-order valence-electron chi connectivity index (χ4n) is 1.41. The third kappa shape index (κ3) is 2.41. The molecule has 0 atom stereocenters. The number of halogens is 1. The quantitative estimate of drug-likeness (QED) is 0.739. The molecule has 0 fully saturated rings. The number of aromatic amines is 1. The number of carbonyl (C=O) groups excluding carboxylic acids is 1. The molecule has 0 radical (unpaired) electrons. The van der Waals surface area contributed by atoms with Crippen molar-refractivity contribution >= 4 is 17.5 Å². The molecule has 88 valence electrons.